The number of nitrogens with one attached hydrogen (secondary N) is 1. The molecule has 0 saturated heterocycles. The molecule has 2 aliphatic rings. The summed E-state index contributed by atoms with van der Waals surface area (Å²) >= 11 is 0. The molecule has 2 heteroatoms. The Balaban J connectivity index is 1.61. The van der Waals surface area contributed by atoms with E-state index in [0.717, 1.165) is 18.4 Å². The summed E-state index contributed by atoms with van der Waals surface area (Å²) in [6.07, 6.45) is 10.9. The van der Waals surface area contributed by atoms with Crippen molar-refractivity contribution in [3.63, 3.8) is 0 Å². The zero-order valence-electron chi connectivity index (χ0n) is 11.3. The maximum Gasteiger partial charge on any atom is 0.123 e. The lowest BCUT2D eigenvalue weighted by atomic mass is 9.93. The molecule has 0 radical (unpaired) electrons. The van der Waals surface area contributed by atoms with Crippen molar-refractivity contribution in [1.29, 1.82) is 0 Å². The van der Waals surface area contributed by atoms with Gasteiger partial charge in [-0.2, -0.15) is 0 Å². The van der Waals surface area contributed by atoms with Gasteiger partial charge in [0.15, 0.2) is 0 Å². The van der Waals surface area contributed by atoms with E-state index in [9.17, 15) is 4.39 Å². The highest BCUT2D eigenvalue weighted by Crippen LogP contribution is 2.41. The molecule has 1 aromatic rings. The molecule has 1 aromatic carbocycles. The van der Waals surface area contributed by atoms with Gasteiger partial charge in [-0.3, -0.25) is 0 Å². The third kappa shape index (κ3) is 3.44. The summed E-state index contributed by atoms with van der Waals surface area (Å²) in [6.45, 7) is 1.09. The molecule has 2 aliphatic carbocycles. The molecule has 1 saturated carbocycles. The molecule has 1 fully saturated rings. The standard InChI is InChI=1S/C17H22FN/c18-16-10-8-15(9-11-16)17(14-6-7-14)19-12-13-4-2-1-3-5-13/h1-2,8-11,13-14,17,19H,3-7,12H2. The average molecular weight is 259 g/mol. The average Bonchev–Trinajstić information content (AvgIpc) is 3.27. The van der Waals surface area contributed by atoms with Gasteiger partial charge in [-0.15, -0.1) is 0 Å². The molecule has 19 heavy (non-hydrogen) atoms. The van der Waals surface area contributed by atoms with Crippen LogP contribution in [0.3, 0.4) is 0 Å². The molecule has 1 N–H and O–H groups in total. The van der Waals surface area contributed by atoms with Crippen LogP contribution in [0.5, 0.6) is 0 Å². The first kappa shape index (κ1) is 12.9. The van der Waals surface area contributed by atoms with Gasteiger partial charge in [0.1, 0.15) is 5.82 Å². The summed E-state index contributed by atoms with van der Waals surface area (Å²) in [5.74, 6) is 1.38. The van der Waals surface area contributed by atoms with E-state index in [0.29, 0.717) is 6.04 Å². The first-order chi connectivity index (χ1) is 9.33. The van der Waals surface area contributed by atoms with Crippen molar-refractivity contribution in [2.24, 2.45) is 11.8 Å². The second kappa shape index (κ2) is 5.87. The van der Waals surface area contributed by atoms with Crippen molar-refractivity contribution in [2.75, 3.05) is 6.54 Å². The van der Waals surface area contributed by atoms with Gasteiger partial charge in [-0.05, 0) is 68.2 Å². The van der Waals surface area contributed by atoms with Crippen LogP contribution in [-0.2, 0) is 0 Å². The SMILES string of the molecule is Fc1ccc(C(NCC2CC=CCC2)C2CC2)cc1. The predicted molar refractivity (Wildman–Crippen MR) is 76.3 cm³/mol. The molecule has 2 atom stereocenters. The lowest BCUT2D eigenvalue weighted by molar-refractivity contribution is 0.386. The summed E-state index contributed by atoms with van der Waals surface area (Å²) in [6, 6.07) is 7.45. The van der Waals surface area contributed by atoms with Crippen molar-refractivity contribution in [1.82, 2.24) is 5.32 Å². The maximum absolute atomic E-state index is 13.0. The van der Waals surface area contributed by atoms with E-state index < -0.39 is 0 Å². The maximum atomic E-state index is 13.0. The highest BCUT2D eigenvalue weighted by Gasteiger charge is 2.32. The number of benzene rings is 1. The van der Waals surface area contributed by atoms with Crippen molar-refractivity contribution in [2.45, 2.75) is 38.1 Å². The molecule has 0 heterocycles. The van der Waals surface area contributed by atoms with Crippen LogP contribution in [0.25, 0.3) is 0 Å². The van der Waals surface area contributed by atoms with Crippen LogP contribution in [0.15, 0.2) is 36.4 Å². The Morgan fingerprint density at radius 1 is 1.11 bits per heavy atom. The third-order valence-corrected chi connectivity index (χ3v) is 4.33. The van der Waals surface area contributed by atoms with Crippen LogP contribution in [0.4, 0.5) is 4.39 Å². The Morgan fingerprint density at radius 3 is 2.53 bits per heavy atom. The fourth-order valence-electron chi connectivity index (χ4n) is 2.99. The largest absolute Gasteiger partial charge is 0.309 e. The van der Waals surface area contributed by atoms with Gasteiger partial charge >= 0.3 is 0 Å². The van der Waals surface area contributed by atoms with Gasteiger partial charge in [0, 0.05) is 6.04 Å². The minimum atomic E-state index is -0.143. The Bertz CT molecular complexity index is 433. The van der Waals surface area contributed by atoms with Crippen molar-refractivity contribution < 1.29 is 4.39 Å². The number of halogens is 1. The van der Waals surface area contributed by atoms with E-state index in [-0.39, 0.29) is 5.82 Å². The first-order valence-electron chi connectivity index (χ1n) is 7.47. The first-order valence-corrected chi connectivity index (χ1v) is 7.47. The van der Waals surface area contributed by atoms with E-state index in [1.807, 2.05) is 12.1 Å². The molecule has 3 rings (SSSR count). The highest BCUT2D eigenvalue weighted by molar-refractivity contribution is 5.22. The number of allylic oxidation sites excluding steroid dienone is 2. The van der Waals surface area contributed by atoms with Crippen LogP contribution in [0.1, 0.15) is 43.7 Å². The number of hydrogen-bond acceptors (Lipinski definition) is 1. The molecular weight excluding hydrogens is 237 g/mol. The van der Waals surface area contributed by atoms with Crippen LogP contribution in [0.2, 0.25) is 0 Å². The second-order valence-electron chi connectivity index (χ2n) is 5.93. The van der Waals surface area contributed by atoms with Crippen molar-refractivity contribution >= 4 is 0 Å². The van der Waals surface area contributed by atoms with E-state index in [4.69, 9.17) is 0 Å². The molecule has 0 aromatic heterocycles. The lowest BCUT2D eigenvalue weighted by Crippen LogP contribution is -2.29. The summed E-state index contributed by atoms with van der Waals surface area (Å²) in [5.41, 5.74) is 1.25. The minimum Gasteiger partial charge on any atom is -0.309 e. The van der Waals surface area contributed by atoms with Gasteiger partial charge < -0.3 is 5.32 Å². The van der Waals surface area contributed by atoms with Gasteiger partial charge in [0.25, 0.3) is 0 Å². The van der Waals surface area contributed by atoms with E-state index in [1.54, 1.807) is 12.1 Å². The molecule has 0 aliphatic heterocycles. The van der Waals surface area contributed by atoms with Crippen LogP contribution in [-0.4, -0.2) is 6.54 Å². The van der Waals surface area contributed by atoms with Crippen molar-refractivity contribution in [3.05, 3.63) is 47.8 Å². The predicted octanol–water partition coefficient (Wildman–Crippen LogP) is 4.22. The van der Waals surface area contributed by atoms with E-state index in [2.05, 4.69) is 17.5 Å². The zero-order chi connectivity index (χ0) is 13.1. The summed E-state index contributed by atoms with van der Waals surface area (Å²) in [4.78, 5) is 0. The van der Waals surface area contributed by atoms with Crippen LogP contribution in [0, 0.1) is 17.7 Å². The van der Waals surface area contributed by atoms with Gasteiger partial charge in [-0.25, -0.2) is 4.39 Å². The Kier molecular flexibility index (Phi) is 3.97. The number of hydrogen-bond donors (Lipinski definition) is 1. The Morgan fingerprint density at radius 2 is 1.89 bits per heavy atom. The fraction of sp³-hybridized carbons (Fsp3) is 0.529. The third-order valence-electron chi connectivity index (χ3n) is 4.33. The molecule has 0 spiro atoms. The quantitative estimate of drug-likeness (QED) is 0.781. The van der Waals surface area contributed by atoms with E-state index >= 15 is 0 Å². The molecule has 0 amide bonds. The molecule has 0 bridgehead atoms. The number of rotatable bonds is 5. The minimum absolute atomic E-state index is 0.143. The Hall–Kier alpha value is -1.15. The van der Waals surface area contributed by atoms with E-state index in [1.165, 1.54) is 37.7 Å². The van der Waals surface area contributed by atoms with Gasteiger partial charge in [-0.1, -0.05) is 24.3 Å². The molecule has 102 valence electrons. The topological polar surface area (TPSA) is 12.0 Å². The fourth-order valence-corrected chi connectivity index (χ4v) is 2.99. The monoisotopic (exact) mass is 259 g/mol. The molecule has 2 unspecified atom stereocenters. The molecule has 1 nitrogen and oxygen atoms in total. The van der Waals surface area contributed by atoms with Gasteiger partial charge in [0.2, 0.25) is 0 Å². The molecular formula is C17H22FN. The van der Waals surface area contributed by atoms with Crippen molar-refractivity contribution in [3.8, 4) is 0 Å². The van der Waals surface area contributed by atoms with Crippen LogP contribution >= 0.6 is 0 Å². The normalized spacial score (nSPS) is 24.4. The summed E-state index contributed by atoms with van der Waals surface area (Å²) in [5, 5.41) is 3.73. The van der Waals surface area contributed by atoms with Gasteiger partial charge in [0.05, 0.1) is 0 Å². The zero-order valence-corrected chi connectivity index (χ0v) is 11.3. The second-order valence-corrected chi connectivity index (χ2v) is 5.93. The summed E-state index contributed by atoms with van der Waals surface area (Å²) in [7, 11) is 0. The Labute approximate surface area is 114 Å². The summed E-state index contributed by atoms with van der Waals surface area (Å²) < 4.78 is 13.0. The lowest BCUT2D eigenvalue weighted by Gasteiger charge is -2.24. The highest BCUT2D eigenvalue weighted by atomic mass is 19.1. The van der Waals surface area contributed by atoms with Crippen LogP contribution < -0.4 is 5.32 Å². The smallest absolute Gasteiger partial charge is 0.123 e.